The second-order valence-corrected chi connectivity index (χ2v) is 5.65. The van der Waals surface area contributed by atoms with Gasteiger partial charge < -0.3 is 5.73 Å². The zero-order valence-corrected chi connectivity index (χ0v) is 12.1. The van der Waals surface area contributed by atoms with Crippen LogP contribution in [-0.4, -0.2) is 42.0 Å². The molecule has 0 spiro atoms. The Morgan fingerprint density at radius 3 is 2.37 bits per heavy atom. The lowest BCUT2D eigenvalue weighted by molar-refractivity contribution is 0.0550. The van der Waals surface area contributed by atoms with Gasteiger partial charge in [-0.05, 0) is 20.9 Å². The Kier molecular flexibility index (Phi) is 4.55. The van der Waals surface area contributed by atoms with Gasteiger partial charge in [-0.15, -0.1) is 0 Å². The zero-order valence-electron chi connectivity index (χ0n) is 12.1. The molecule has 1 saturated heterocycles. The molecule has 0 saturated carbocycles. The van der Waals surface area contributed by atoms with Gasteiger partial charge in [0.05, 0.1) is 0 Å². The molecule has 1 aliphatic rings. The van der Waals surface area contributed by atoms with E-state index in [9.17, 15) is 4.39 Å². The predicted molar refractivity (Wildman–Crippen MR) is 76.3 cm³/mol. The van der Waals surface area contributed by atoms with Crippen LogP contribution in [0.3, 0.4) is 0 Å². The van der Waals surface area contributed by atoms with Crippen molar-refractivity contribution < 1.29 is 4.39 Å². The maximum Gasteiger partial charge on any atom is 0.132 e. The molecule has 0 aromatic heterocycles. The summed E-state index contributed by atoms with van der Waals surface area (Å²) in [5.41, 5.74) is 6.92. The Hall–Kier alpha value is -0.970. The molecule has 1 aliphatic heterocycles. The van der Waals surface area contributed by atoms with Crippen LogP contribution in [0.1, 0.15) is 25.0 Å². The maximum absolute atomic E-state index is 14.2. The summed E-state index contributed by atoms with van der Waals surface area (Å²) in [6.07, 6.45) is 0. The second kappa shape index (κ2) is 5.99. The number of piperazine rings is 1. The minimum Gasteiger partial charge on any atom is -0.326 e. The molecule has 3 nitrogen and oxygen atoms in total. The van der Waals surface area contributed by atoms with Crippen molar-refractivity contribution >= 4 is 0 Å². The van der Waals surface area contributed by atoms with Gasteiger partial charge in [-0.25, -0.2) is 4.39 Å². The van der Waals surface area contributed by atoms with Crippen molar-refractivity contribution in [2.75, 3.05) is 20.1 Å². The first-order valence-corrected chi connectivity index (χ1v) is 6.93. The lowest BCUT2D eigenvalue weighted by Gasteiger charge is -2.42. The highest BCUT2D eigenvalue weighted by Crippen LogP contribution is 2.19. The first kappa shape index (κ1) is 14.4. The smallest absolute Gasteiger partial charge is 0.132 e. The molecular formula is C15H24FN3. The van der Waals surface area contributed by atoms with Crippen LogP contribution < -0.4 is 5.73 Å². The van der Waals surface area contributed by atoms with Gasteiger partial charge in [0.2, 0.25) is 0 Å². The van der Waals surface area contributed by atoms with Gasteiger partial charge in [0, 0.05) is 49.4 Å². The highest BCUT2D eigenvalue weighted by Gasteiger charge is 2.26. The Morgan fingerprint density at radius 1 is 1.21 bits per heavy atom. The van der Waals surface area contributed by atoms with Crippen LogP contribution in [0.15, 0.2) is 18.2 Å². The molecule has 0 radical (unpaired) electrons. The van der Waals surface area contributed by atoms with Crippen LogP contribution in [0.4, 0.5) is 4.39 Å². The summed E-state index contributed by atoms with van der Waals surface area (Å²) >= 11 is 0. The molecule has 106 valence electrons. The normalized spacial score (nSPS) is 25.7. The topological polar surface area (TPSA) is 32.5 Å². The summed E-state index contributed by atoms with van der Waals surface area (Å²) in [5.74, 6) is -0.135. The number of halogens is 1. The van der Waals surface area contributed by atoms with E-state index in [2.05, 4.69) is 30.7 Å². The fourth-order valence-corrected chi connectivity index (χ4v) is 2.80. The molecule has 2 unspecified atom stereocenters. The van der Waals surface area contributed by atoms with Gasteiger partial charge in [0.15, 0.2) is 0 Å². The average molecular weight is 265 g/mol. The van der Waals surface area contributed by atoms with Gasteiger partial charge >= 0.3 is 0 Å². The second-order valence-electron chi connectivity index (χ2n) is 5.65. The van der Waals surface area contributed by atoms with Crippen LogP contribution in [0.25, 0.3) is 0 Å². The molecule has 2 atom stereocenters. The van der Waals surface area contributed by atoms with Gasteiger partial charge in [-0.3, -0.25) is 9.80 Å². The zero-order chi connectivity index (χ0) is 14.0. The molecule has 0 bridgehead atoms. The van der Waals surface area contributed by atoms with E-state index in [1.807, 2.05) is 12.1 Å². The molecule has 0 amide bonds. The third-order valence-corrected chi connectivity index (χ3v) is 4.21. The molecular weight excluding hydrogens is 241 g/mol. The largest absolute Gasteiger partial charge is 0.326 e. The van der Waals surface area contributed by atoms with E-state index < -0.39 is 0 Å². The van der Waals surface area contributed by atoms with Gasteiger partial charge in [0.25, 0.3) is 0 Å². The van der Waals surface area contributed by atoms with Crippen LogP contribution in [0, 0.1) is 5.82 Å². The summed E-state index contributed by atoms with van der Waals surface area (Å²) in [4.78, 5) is 4.71. The number of benzene rings is 1. The van der Waals surface area contributed by atoms with Crippen molar-refractivity contribution in [3.05, 3.63) is 35.1 Å². The highest BCUT2D eigenvalue weighted by atomic mass is 19.1. The Labute approximate surface area is 115 Å². The Bertz CT molecular complexity index is 423. The third kappa shape index (κ3) is 3.14. The minimum absolute atomic E-state index is 0.135. The van der Waals surface area contributed by atoms with Gasteiger partial charge in [0.1, 0.15) is 5.82 Å². The fourth-order valence-electron chi connectivity index (χ4n) is 2.80. The lowest BCUT2D eigenvalue weighted by Crippen LogP contribution is -2.54. The number of hydrogen-bond donors (Lipinski definition) is 1. The molecule has 19 heavy (non-hydrogen) atoms. The Morgan fingerprint density at radius 2 is 1.79 bits per heavy atom. The maximum atomic E-state index is 14.2. The van der Waals surface area contributed by atoms with E-state index in [-0.39, 0.29) is 12.4 Å². The summed E-state index contributed by atoms with van der Waals surface area (Å²) in [7, 11) is 2.16. The van der Waals surface area contributed by atoms with Gasteiger partial charge in [-0.2, -0.15) is 0 Å². The van der Waals surface area contributed by atoms with Crippen LogP contribution in [-0.2, 0) is 13.1 Å². The van der Waals surface area contributed by atoms with E-state index in [0.29, 0.717) is 24.2 Å². The Balaban J connectivity index is 2.09. The van der Waals surface area contributed by atoms with Gasteiger partial charge in [-0.1, -0.05) is 18.2 Å². The summed E-state index contributed by atoms with van der Waals surface area (Å²) in [6.45, 7) is 7.32. The molecule has 4 heteroatoms. The summed E-state index contributed by atoms with van der Waals surface area (Å²) < 4.78 is 14.2. The van der Waals surface area contributed by atoms with Crippen LogP contribution >= 0.6 is 0 Å². The average Bonchev–Trinajstić information content (AvgIpc) is 2.38. The van der Waals surface area contributed by atoms with Crippen LogP contribution in [0.2, 0.25) is 0 Å². The van der Waals surface area contributed by atoms with Crippen molar-refractivity contribution in [3.8, 4) is 0 Å². The monoisotopic (exact) mass is 265 g/mol. The van der Waals surface area contributed by atoms with Crippen molar-refractivity contribution in [1.82, 2.24) is 9.80 Å². The SMILES string of the molecule is CC1CN(Cc2cccc(CN)c2F)CC(C)N1C. The predicted octanol–water partition coefficient (Wildman–Crippen LogP) is 1.81. The quantitative estimate of drug-likeness (QED) is 0.904. The fraction of sp³-hybridized carbons (Fsp3) is 0.600. The van der Waals surface area contributed by atoms with Crippen molar-refractivity contribution in [1.29, 1.82) is 0 Å². The van der Waals surface area contributed by atoms with E-state index in [4.69, 9.17) is 5.73 Å². The summed E-state index contributed by atoms with van der Waals surface area (Å²) in [6, 6.07) is 6.52. The molecule has 1 fully saturated rings. The first-order valence-electron chi connectivity index (χ1n) is 6.93. The van der Waals surface area contributed by atoms with E-state index in [1.165, 1.54) is 0 Å². The number of nitrogens with zero attached hydrogens (tertiary/aromatic N) is 2. The highest BCUT2D eigenvalue weighted by molar-refractivity contribution is 5.26. The van der Waals surface area contributed by atoms with Crippen molar-refractivity contribution in [2.45, 2.75) is 39.0 Å². The lowest BCUT2D eigenvalue weighted by atomic mass is 10.1. The van der Waals surface area contributed by atoms with E-state index >= 15 is 0 Å². The molecule has 1 aromatic rings. The summed E-state index contributed by atoms with van der Waals surface area (Å²) in [5, 5.41) is 0. The standard InChI is InChI=1S/C15H24FN3/c1-11-8-19(9-12(2)18(11)3)10-14-6-4-5-13(7-17)15(14)16/h4-6,11-12H,7-10,17H2,1-3H3. The number of nitrogens with two attached hydrogens (primary N) is 1. The van der Waals surface area contributed by atoms with E-state index in [1.54, 1.807) is 6.07 Å². The van der Waals surface area contributed by atoms with Crippen molar-refractivity contribution in [3.63, 3.8) is 0 Å². The number of rotatable bonds is 3. The minimum atomic E-state index is -0.135. The number of likely N-dealkylation sites (N-methyl/N-ethyl adjacent to an activating group) is 1. The molecule has 0 aliphatic carbocycles. The first-order chi connectivity index (χ1) is 9.02. The molecule has 1 aromatic carbocycles. The molecule has 1 heterocycles. The van der Waals surface area contributed by atoms with E-state index in [0.717, 1.165) is 18.7 Å². The van der Waals surface area contributed by atoms with Crippen molar-refractivity contribution in [2.24, 2.45) is 5.73 Å². The molecule has 2 N–H and O–H groups in total. The van der Waals surface area contributed by atoms with Crippen LogP contribution in [0.5, 0.6) is 0 Å². The number of hydrogen-bond acceptors (Lipinski definition) is 3. The third-order valence-electron chi connectivity index (χ3n) is 4.21. The molecule has 2 rings (SSSR count).